The maximum atomic E-state index is 12.3. The van der Waals surface area contributed by atoms with Crippen molar-refractivity contribution in [2.24, 2.45) is 0 Å². The lowest BCUT2D eigenvalue weighted by atomic mass is 10.2. The number of hydrogen-bond acceptors (Lipinski definition) is 5. The Kier molecular flexibility index (Phi) is 6.69. The fourth-order valence-electron chi connectivity index (χ4n) is 2.39. The molecule has 0 spiro atoms. The van der Waals surface area contributed by atoms with Crippen LogP contribution in [0.25, 0.3) is 0 Å². The highest BCUT2D eigenvalue weighted by molar-refractivity contribution is 5.93. The van der Waals surface area contributed by atoms with Crippen molar-refractivity contribution in [1.82, 2.24) is 20.2 Å². The average molecular weight is 327 g/mol. The average Bonchev–Trinajstić information content (AvgIpc) is 2.60. The minimum absolute atomic E-state index is 0.165. The third-order valence-electron chi connectivity index (χ3n) is 3.61. The molecule has 0 fully saturated rings. The van der Waals surface area contributed by atoms with Crippen LogP contribution in [0.15, 0.2) is 42.7 Å². The highest BCUT2D eigenvalue weighted by atomic mass is 16.1. The Bertz CT molecular complexity index is 645. The van der Waals surface area contributed by atoms with E-state index in [2.05, 4.69) is 27.1 Å². The van der Waals surface area contributed by atoms with Crippen LogP contribution in [0.1, 0.15) is 23.8 Å². The van der Waals surface area contributed by atoms with Crippen LogP contribution in [0.5, 0.6) is 0 Å². The topological polar surface area (TPSA) is 61.4 Å². The van der Waals surface area contributed by atoms with E-state index in [4.69, 9.17) is 0 Å². The maximum absolute atomic E-state index is 12.3. The van der Waals surface area contributed by atoms with Crippen molar-refractivity contribution in [3.63, 3.8) is 0 Å². The van der Waals surface area contributed by atoms with Gasteiger partial charge in [0.2, 0.25) is 0 Å². The molecule has 0 aliphatic heterocycles. The first-order valence-corrected chi connectivity index (χ1v) is 8.19. The summed E-state index contributed by atoms with van der Waals surface area (Å²) in [4.78, 5) is 24.8. The summed E-state index contributed by atoms with van der Waals surface area (Å²) in [6, 6.07) is 11.7. The van der Waals surface area contributed by atoms with Gasteiger partial charge in [-0.25, -0.2) is 9.97 Å². The fourth-order valence-corrected chi connectivity index (χ4v) is 2.39. The Hall–Kier alpha value is -2.47. The van der Waals surface area contributed by atoms with E-state index in [0.29, 0.717) is 12.2 Å². The highest BCUT2D eigenvalue weighted by Crippen LogP contribution is 2.22. The quantitative estimate of drug-likeness (QED) is 0.754. The second-order valence-electron chi connectivity index (χ2n) is 5.75. The summed E-state index contributed by atoms with van der Waals surface area (Å²) < 4.78 is 0. The van der Waals surface area contributed by atoms with Crippen molar-refractivity contribution < 1.29 is 4.79 Å². The molecule has 0 bridgehead atoms. The van der Waals surface area contributed by atoms with E-state index in [-0.39, 0.29) is 5.91 Å². The van der Waals surface area contributed by atoms with Crippen LogP contribution in [0.3, 0.4) is 0 Å². The summed E-state index contributed by atoms with van der Waals surface area (Å²) in [7, 11) is 4.03. The summed E-state index contributed by atoms with van der Waals surface area (Å²) in [6.07, 6.45) is 2.34. The number of aromatic nitrogens is 2. The Morgan fingerprint density at radius 1 is 1.17 bits per heavy atom. The molecule has 6 nitrogen and oxygen atoms in total. The third kappa shape index (κ3) is 5.03. The first kappa shape index (κ1) is 17.9. The molecule has 0 aliphatic rings. The number of para-hydroxylation sites is 1. The summed E-state index contributed by atoms with van der Waals surface area (Å²) in [6.45, 7) is 4.38. The summed E-state index contributed by atoms with van der Waals surface area (Å²) >= 11 is 0. The molecular formula is C18H25N5O. The molecule has 2 rings (SSSR count). The molecule has 1 heterocycles. The van der Waals surface area contributed by atoms with Gasteiger partial charge in [-0.2, -0.15) is 0 Å². The number of anilines is 2. The van der Waals surface area contributed by atoms with Crippen molar-refractivity contribution in [3.8, 4) is 0 Å². The number of carbonyl (C=O) groups is 1. The van der Waals surface area contributed by atoms with Gasteiger partial charge < -0.3 is 15.1 Å². The van der Waals surface area contributed by atoms with Gasteiger partial charge in [0.1, 0.15) is 17.8 Å². The van der Waals surface area contributed by atoms with E-state index in [1.165, 1.54) is 6.33 Å². The molecule has 2 aromatic rings. The van der Waals surface area contributed by atoms with Crippen molar-refractivity contribution in [3.05, 3.63) is 48.4 Å². The van der Waals surface area contributed by atoms with Crippen molar-refractivity contribution in [2.75, 3.05) is 38.6 Å². The molecular weight excluding hydrogens is 302 g/mol. The van der Waals surface area contributed by atoms with Gasteiger partial charge >= 0.3 is 0 Å². The number of nitrogens with one attached hydrogen (secondary N) is 1. The van der Waals surface area contributed by atoms with Gasteiger partial charge in [-0.05, 0) is 46.1 Å². The number of rotatable bonds is 8. The van der Waals surface area contributed by atoms with Crippen LogP contribution in [-0.2, 0) is 0 Å². The summed E-state index contributed by atoms with van der Waals surface area (Å²) in [5.74, 6) is 0.554. The van der Waals surface area contributed by atoms with Gasteiger partial charge in [0.25, 0.3) is 5.91 Å². The zero-order valence-electron chi connectivity index (χ0n) is 14.6. The molecule has 1 aromatic carbocycles. The van der Waals surface area contributed by atoms with Crippen molar-refractivity contribution in [1.29, 1.82) is 0 Å². The van der Waals surface area contributed by atoms with Crippen LogP contribution in [0.4, 0.5) is 11.5 Å². The van der Waals surface area contributed by atoms with E-state index >= 15 is 0 Å². The predicted molar refractivity (Wildman–Crippen MR) is 96.7 cm³/mol. The Balaban J connectivity index is 2.06. The molecule has 0 atom stereocenters. The van der Waals surface area contributed by atoms with Gasteiger partial charge in [0, 0.05) is 24.8 Å². The van der Waals surface area contributed by atoms with E-state index in [9.17, 15) is 4.79 Å². The van der Waals surface area contributed by atoms with E-state index in [1.54, 1.807) is 6.07 Å². The first-order valence-electron chi connectivity index (χ1n) is 8.19. The lowest BCUT2D eigenvalue weighted by Gasteiger charge is -2.22. The minimum atomic E-state index is -0.165. The second kappa shape index (κ2) is 8.98. The van der Waals surface area contributed by atoms with Crippen molar-refractivity contribution >= 4 is 17.4 Å². The summed E-state index contributed by atoms with van der Waals surface area (Å²) in [5, 5.41) is 2.90. The van der Waals surface area contributed by atoms with Gasteiger partial charge in [0.15, 0.2) is 0 Å². The van der Waals surface area contributed by atoms with E-state index in [1.807, 2.05) is 49.3 Å². The number of hydrogen-bond donors (Lipinski definition) is 1. The molecule has 0 aliphatic carbocycles. The lowest BCUT2D eigenvalue weighted by molar-refractivity contribution is 0.0947. The van der Waals surface area contributed by atoms with E-state index in [0.717, 1.165) is 31.0 Å². The molecule has 1 aromatic heterocycles. The molecule has 24 heavy (non-hydrogen) atoms. The zero-order chi connectivity index (χ0) is 17.4. The summed E-state index contributed by atoms with van der Waals surface area (Å²) in [5.41, 5.74) is 1.43. The SMILES string of the molecule is CCN(c1ccccc1)c1cc(C(=O)NCCCN(C)C)ncn1. The second-order valence-corrected chi connectivity index (χ2v) is 5.75. The van der Waals surface area contributed by atoms with Crippen LogP contribution in [-0.4, -0.2) is 54.5 Å². The Morgan fingerprint density at radius 2 is 1.92 bits per heavy atom. The smallest absolute Gasteiger partial charge is 0.270 e. The fraction of sp³-hybridized carbons (Fsp3) is 0.389. The number of carbonyl (C=O) groups excluding carboxylic acids is 1. The maximum Gasteiger partial charge on any atom is 0.270 e. The largest absolute Gasteiger partial charge is 0.351 e. The minimum Gasteiger partial charge on any atom is -0.351 e. The number of benzene rings is 1. The number of amides is 1. The van der Waals surface area contributed by atoms with Gasteiger partial charge in [-0.3, -0.25) is 4.79 Å². The molecule has 1 amide bonds. The molecule has 0 saturated heterocycles. The van der Waals surface area contributed by atoms with Crippen LogP contribution in [0, 0.1) is 0 Å². The molecule has 6 heteroatoms. The van der Waals surface area contributed by atoms with Gasteiger partial charge in [0.05, 0.1) is 0 Å². The Morgan fingerprint density at radius 3 is 2.58 bits per heavy atom. The molecule has 1 N–H and O–H groups in total. The molecule has 128 valence electrons. The van der Waals surface area contributed by atoms with Crippen LogP contribution < -0.4 is 10.2 Å². The standard InChI is InChI=1S/C18H25N5O/c1-4-23(15-9-6-5-7-10-15)17-13-16(20-14-21-17)18(24)19-11-8-12-22(2)3/h5-7,9-10,13-14H,4,8,11-12H2,1-3H3,(H,19,24). The zero-order valence-corrected chi connectivity index (χ0v) is 14.6. The first-order chi connectivity index (χ1) is 11.6. The predicted octanol–water partition coefficient (Wildman–Crippen LogP) is 2.32. The lowest BCUT2D eigenvalue weighted by Crippen LogP contribution is -2.28. The normalized spacial score (nSPS) is 10.7. The highest BCUT2D eigenvalue weighted by Gasteiger charge is 2.13. The monoisotopic (exact) mass is 327 g/mol. The van der Waals surface area contributed by atoms with Crippen LogP contribution in [0.2, 0.25) is 0 Å². The van der Waals surface area contributed by atoms with Crippen molar-refractivity contribution in [2.45, 2.75) is 13.3 Å². The molecule has 0 saturated carbocycles. The molecule has 0 unspecified atom stereocenters. The van der Waals surface area contributed by atoms with E-state index < -0.39 is 0 Å². The third-order valence-corrected chi connectivity index (χ3v) is 3.61. The molecule has 0 radical (unpaired) electrons. The van der Waals surface area contributed by atoms with Gasteiger partial charge in [-0.1, -0.05) is 18.2 Å². The van der Waals surface area contributed by atoms with Crippen LogP contribution >= 0.6 is 0 Å². The van der Waals surface area contributed by atoms with Gasteiger partial charge in [-0.15, -0.1) is 0 Å². The number of nitrogens with zero attached hydrogens (tertiary/aromatic N) is 4. The Labute approximate surface area is 143 Å².